The standard InChI is InChI=1S/C14H17F2NO3.ClH/c15-14(16)20-12-4-2-1-3-11(12)9-17-7-5-10(6-8-17)13(18)19;/h1-4,10,14H,5-9H2,(H,18,19);1H. The molecule has 0 aliphatic carbocycles. The molecule has 0 unspecified atom stereocenters. The number of aliphatic carboxylic acids is 1. The number of carboxylic acid groups (broad SMARTS) is 1. The van der Waals surface area contributed by atoms with E-state index in [4.69, 9.17) is 5.11 Å². The monoisotopic (exact) mass is 321 g/mol. The second-order valence-corrected chi connectivity index (χ2v) is 4.87. The van der Waals surface area contributed by atoms with Crippen molar-refractivity contribution in [1.29, 1.82) is 0 Å². The second kappa shape index (κ2) is 8.14. The molecule has 1 aliphatic heterocycles. The number of carboxylic acids is 1. The van der Waals surface area contributed by atoms with Crippen molar-refractivity contribution in [3.8, 4) is 5.75 Å². The van der Waals surface area contributed by atoms with Crippen molar-refractivity contribution < 1.29 is 23.4 Å². The van der Waals surface area contributed by atoms with Crippen LogP contribution in [0, 0.1) is 5.92 Å². The lowest BCUT2D eigenvalue weighted by atomic mass is 9.97. The number of hydrogen-bond acceptors (Lipinski definition) is 3. The summed E-state index contributed by atoms with van der Waals surface area (Å²) in [7, 11) is 0. The number of halogens is 3. The normalized spacial score (nSPS) is 16.5. The fraction of sp³-hybridized carbons (Fsp3) is 0.500. The van der Waals surface area contributed by atoms with Crippen LogP contribution in [0.25, 0.3) is 0 Å². The molecule has 1 aromatic rings. The van der Waals surface area contributed by atoms with Gasteiger partial charge in [-0.25, -0.2) is 0 Å². The van der Waals surface area contributed by atoms with E-state index >= 15 is 0 Å². The lowest BCUT2D eigenvalue weighted by Gasteiger charge is -2.30. The molecule has 0 aromatic heterocycles. The van der Waals surface area contributed by atoms with E-state index in [1.54, 1.807) is 18.2 Å². The van der Waals surface area contributed by atoms with E-state index in [9.17, 15) is 13.6 Å². The maximum Gasteiger partial charge on any atom is 0.387 e. The number of piperidine rings is 1. The van der Waals surface area contributed by atoms with Crippen molar-refractivity contribution in [1.82, 2.24) is 4.90 Å². The molecule has 1 aliphatic rings. The minimum absolute atomic E-state index is 0. The topological polar surface area (TPSA) is 49.8 Å². The number of hydrogen-bond donors (Lipinski definition) is 1. The van der Waals surface area contributed by atoms with Gasteiger partial charge in [-0.2, -0.15) is 8.78 Å². The first-order chi connectivity index (χ1) is 9.56. The van der Waals surface area contributed by atoms with Crippen LogP contribution in [0.4, 0.5) is 8.78 Å². The van der Waals surface area contributed by atoms with Gasteiger partial charge in [0, 0.05) is 12.1 Å². The van der Waals surface area contributed by atoms with Gasteiger partial charge in [-0.15, -0.1) is 12.4 Å². The van der Waals surface area contributed by atoms with Crippen LogP contribution in [-0.2, 0) is 11.3 Å². The van der Waals surface area contributed by atoms with Crippen LogP contribution in [0.5, 0.6) is 5.75 Å². The first kappa shape index (κ1) is 17.7. The van der Waals surface area contributed by atoms with Crippen LogP contribution in [0.2, 0.25) is 0 Å². The van der Waals surface area contributed by atoms with Gasteiger partial charge < -0.3 is 9.84 Å². The molecule has 0 radical (unpaired) electrons. The van der Waals surface area contributed by atoms with Gasteiger partial charge in [0.15, 0.2) is 0 Å². The Labute approximate surface area is 128 Å². The third-order valence-corrected chi connectivity index (χ3v) is 3.52. The summed E-state index contributed by atoms with van der Waals surface area (Å²) >= 11 is 0. The molecule has 0 bridgehead atoms. The summed E-state index contributed by atoms with van der Waals surface area (Å²) in [6, 6.07) is 6.70. The highest BCUT2D eigenvalue weighted by Crippen LogP contribution is 2.24. The van der Waals surface area contributed by atoms with Crippen molar-refractivity contribution in [3.63, 3.8) is 0 Å². The van der Waals surface area contributed by atoms with Crippen LogP contribution in [0.3, 0.4) is 0 Å². The molecule has 4 nitrogen and oxygen atoms in total. The van der Waals surface area contributed by atoms with E-state index < -0.39 is 12.6 Å². The molecule has 0 spiro atoms. The summed E-state index contributed by atoms with van der Waals surface area (Å²) in [4.78, 5) is 12.9. The van der Waals surface area contributed by atoms with Gasteiger partial charge in [0.25, 0.3) is 0 Å². The summed E-state index contributed by atoms with van der Waals surface area (Å²) < 4.78 is 29.1. The van der Waals surface area contributed by atoms with E-state index in [1.807, 2.05) is 0 Å². The predicted octanol–water partition coefficient (Wildman–Crippen LogP) is 3.01. The molecule has 2 rings (SSSR count). The van der Waals surface area contributed by atoms with E-state index in [-0.39, 0.29) is 24.1 Å². The van der Waals surface area contributed by atoms with Gasteiger partial charge >= 0.3 is 12.6 Å². The van der Waals surface area contributed by atoms with E-state index in [1.165, 1.54) is 6.07 Å². The minimum Gasteiger partial charge on any atom is -0.481 e. The Morgan fingerprint density at radius 2 is 1.95 bits per heavy atom. The van der Waals surface area contributed by atoms with Crippen molar-refractivity contribution in [2.45, 2.75) is 26.0 Å². The third kappa shape index (κ3) is 5.13. The van der Waals surface area contributed by atoms with Crippen LogP contribution < -0.4 is 4.74 Å². The average Bonchev–Trinajstić information content (AvgIpc) is 2.41. The highest BCUT2D eigenvalue weighted by Gasteiger charge is 2.24. The molecule has 1 fully saturated rings. The van der Waals surface area contributed by atoms with E-state index in [2.05, 4.69) is 9.64 Å². The first-order valence-electron chi connectivity index (χ1n) is 6.54. The lowest BCUT2D eigenvalue weighted by molar-refractivity contribution is -0.143. The Morgan fingerprint density at radius 1 is 1.33 bits per heavy atom. The number of likely N-dealkylation sites (tertiary alicyclic amines) is 1. The van der Waals surface area contributed by atoms with E-state index in [0.29, 0.717) is 38.0 Å². The van der Waals surface area contributed by atoms with Gasteiger partial charge in [-0.05, 0) is 32.0 Å². The molecule has 1 heterocycles. The second-order valence-electron chi connectivity index (χ2n) is 4.87. The first-order valence-corrected chi connectivity index (χ1v) is 6.54. The van der Waals surface area contributed by atoms with Crippen molar-refractivity contribution in [3.05, 3.63) is 29.8 Å². The number of para-hydroxylation sites is 1. The molecule has 0 amide bonds. The lowest BCUT2D eigenvalue weighted by Crippen LogP contribution is -2.35. The number of benzene rings is 1. The number of ether oxygens (including phenoxy) is 1. The number of alkyl halides is 2. The number of carbonyl (C=O) groups is 1. The van der Waals surface area contributed by atoms with Gasteiger partial charge in [0.2, 0.25) is 0 Å². The van der Waals surface area contributed by atoms with Gasteiger partial charge in [-0.1, -0.05) is 18.2 Å². The fourth-order valence-corrected chi connectivity index (χ4v) is 2.42. The van der Waals surface area contributed by atoms with Gasteiger partial charge in [-0.3, -0.25) is 9.69 Å². The van der Waals surface area contributed by atoms with Crippen molar-refractivity contribution in [2.24, 2.45) is 5.92 Å². The summed E-state index contributed by atoms with van der Waals surface area (Å²) in [5.41, 5.74) is 0.696. The highest BCUT2D eigenvalue weighted by molar-refractivity contribution is 5.85. The Bertz CT molecular complexity index is 465. The van der Waals surface area contributed by atoms with Crippen LogP contribution in [0.1, 0.15) is 18.4 Å². The smallest absolute Gasteiger partial charge is 0.387 e. The molecule has 0 saturated carbocycles. The largest absolute Gasteiger partial charge is 0.481 e. The minimum atomic E-state index is -2.84. The predicted molar refractivity (Wildman–Crippen MR) is 76.0 cm³/mol. The molecule has 1 aromatic carbocycles. The Balaban J connectivity index is 0.00000220. The summed E-state index contributed by atoms with van der Waals surface area (Å²) in [5.74, 6) is -0.868. The SMILES string of the molecule is Cl.O=C(O)C1CCN(Cc2ccccc2OC(F)F)CC1. The molecular formula is C14H18ClF2NO3. The highest BCUT2D eigenvalue weighted by atomic mass is 35.5. The Hall–Kier alpha value is -1.40. The van der Waals surface area contributed by atoms with Crippen LogP contribution in [0.15, 0.2) is 24.3 Å². The zero-order valence-corrected chi connectivity index (χ0v) is 12.2. The quantitative estimate of drug-likeness (QED) is 0.905. The van der Waals surface area contributed by atoms with Gasteiger partial charge in [0.05, 0.1) is 5.92 Å². The van der Waals surface area contributed by atoms with Gasteiger partial charge in [0.1, 0.15) is 5.75 Å². The zero-order valence-electron chi connectivity index (χ0n) is 11.4. The summed E-state index contributed by atoms with van der Waals surface area (Å²) in [6.45, 7) is -1.04. The molecule has 7 heteroatoms. The van der Waals surface area contributed by atoms with Crippen LogP contribution >= 0.6 is 12.4 Å². The van der Waals surface area contributed by atoms with Crippen molar-refractivity contribution >= 4 is 18.4 Å². The average molecular weight is 322 g/mol. The van der Waals surface area contributed by atoms with Crippen LogP contribution in [-0.4, -0.2) is 35.7 Å². The van der Waals surface area contributed by atoms with Crippen molar-refractivity contribution in [2.75, 3.05) is 13.1 Å². The number of rotatable bonds is 5. The molecule has 118 valence electrons. The molecular weight excluding hydrogens is 304 g/mol. The molecule has 0 atom stereocenters. The summed E-state index contributed by atoms with van der Waals surface area (Å²) in [6.07, 6.45) is 1.18. The Morgan fingerprint density at radius 3 is 2.52 bits per heavy atom. The third-order valence-electron chi connectivity index (χ3n) is 3.52. The zero-order chi connectivity index (χ0) is 14.5. The fourth-order valence-electron chi connectivity index (χ4n) is 2.42. The molecule has 1 N–H and O–H groups in total. The summed E-state index contributed by atoms with van der Waals surface area (Å²) in [5, 5.41) is 8.94. The van der Waals surface area contributed by atoms with E-state index in [0.717, 1.165) is 0 Å². The molecule has 21 heavy (non-hydrogen) atoms. The Kier molecular flexibility index (Phi) is 6.84. The maximum absolute atomic E-state index is 12.3. The maximum atomic E-state index is 12.3. The number of nitrogens with zero attached hydrogens (tertiary/aromatic N) is 1. The molecule has 1 saturated heterocycles.